The van der Waals surface area contributed by atoms with E-state index in [2.05, 4.69) is 0 Å². The fraction of sp³-hybridized carbons (Fsp3) is 0.500. The molecule has 1 heterocycles. The number of nitrogens with zero attached hydrogens (tertiary/aromatic N) is 2. The van der Waals surface area contributed by atoms with Crippen molar-refractivity contribution in [1.29, 1.82) is 0 Å². The van der Waals surface area contributed by atoms with Crippen LogP contribution in [0.1, 0.15) is 49.7 Å². The predicted octanol–water partition coefficient (Wildman–Crippen LogP) is 5.30. The number of sulfonamides is 1. The van der Waals surface area contributed by atoms with E-state index in [0.29, 0.717) is 24.0 Å². The summed E-state index contributed by atoms with van der Waals surface area (Å²) < 4.78 is 71.1. The van der Waals surface area contributed by atoms with Crippen molar-refractivity contribution in [2.45, 2.75) is 75.3 Å². The molecule has 35 heavy (non-hydrogen) atoms. The van der Waals surface area contributed by atoms with Gasteiger partial charge in [-0.3, -0.25) is 4.79 Å². The van der Waals surface area contributed by atoms with Gasteiger partial charge in [-0.2, -0.15) is 4.31 Å². The van der Waals surface area contributed by atoms with Crippen molar-refractivity contribution in [2.24, 2.45) is 0 Å². The largest absolute Gasteiger partial charge is 0.341 e. The standard InChI is InChI=1S/C26H31F3N2O3S/c1-17-10-11-23(24(18(17)2)20-7-4-5-8-21(20)27)35(33,34)31-16-6-9-22(31)25(32)30(3)19-12-14-26(28,29)15-13-19/h4-5,7-8,10-11,19,22H,6,9,12-16H2,1-3H3/t22-/m0/s1. The molecule has 0 bridgehead atoms. The lowest BCUT2D eigenvalue weighted by molar-refractivity contribution is -0.138. The van der Waals surface area contributed by atoms with Gasteiger partial charge in [0, 0.05) is 43.6 Å². The molecule has 0 spiro atoms. The molecule has 9 heteroatoms. The fourth-order valence-electron chi connectivity index (χ4n) is 5.23. The van der Waals surface area contributed by atoms with Gasteiger partial charge in [-0.25, -0.2) is 21.6 Å². The topological polar surface area (TPSA) is 57.7 Å². The van der Waals surface area contributed by atoms with E-state index in [1.165, 1.54) is 21.3 Å². The molecule has 0 aromatic heterocycles. The van der Waals surface area contributed by atoms with Crippen molar-refractivity contribution < 1.29 is 26.4 Å². The van der Waals surface area contributed by atoms with Crippen molar-refractivity contribution in [1.82, 2.24) is 9.21 Å². The van der Waals surface area contributed by atoms with Crippen LogP contribution in [0.15, 0.2) is 41.3 Å². The van der Waals surface area contributed by atoms with Gasteiger partial charge in [0.1, 0.15) is 11.9 Å². The second-order valence-electron chi connectivity index (χ2n) is 9.67. The molecular formula is C26H31F3N2O3S. The Morgan fingerprint density at radius 1 is 1.06 bits per heavy atom. The quantitative estimate of drug-likeness (QED) is 0.551. The Labute approximate surface area is 205 Å². The van der Waals surface area contributed by atoms with Gasteiger partial charge in [-0.05, 0) is 62.8 Å². The van der Waals surface area contributed by atoms with E-state index >= 15 is 0 Å². The van der Waals surface area contributed by atoms with Crippen molar-refractivity contribution in [3.05, 3.63) is 53.3 Å². The first-order valence-electron chi connectivity index (χ1n) is 12.0. The van der Waals surface area contributed by atoms with Crippen LogP contribution in [0, 0.1) is 19.7 Å². The number of hydrogen-bond donors (Lipinski definition) is 0. The number of benzene rings is 2. The highest BCUT2D eigenvalue weighted by molar-refractivity contribution is 7.89. The van der Waals surface area contributed by atoms with Crippen LogP contribution in [-0.2, 0) is 14.8 Å². The van der Waals surface area contributed by atoms with Crippen LogP contribution >= 0.6 is 0 Å². The highest BCUT2D eigenvalue weighted by atomic mass is 32.2. The fourth-order valence-corrected chi connectivity index (χ4v) is 7.15. The van der Waals surface area contributed by atoms with Crippen LogP contribution in [0.25, 0.3) is 11.1 Å². The van der Waals surface area contributed by atoms with Gasteiger partial charge in [-0.1, -0.05) is 24.3 Å². The average Bonchev–Trinajstić information content (AvgIpc) is 3.31. The van der Waals surface area contributed by atoms with Gasteiger partial charge >= 0.3 is 0 Å². The predicted molar refractivity (Wildman–Crippen MR) is 128 cm³/mol. The van der Waals surface area contributed by atoms with Crippen molar-refractivity contribution in [3.63, 3.8) is 0 Å². The second-order valence-corrected chi connectivity index (χ2v) is 11.5. The summed E-state index contributed by atoms with van der Waals surface area (Å²) in [4.78, 5) is 14.8. The summed E-state index contributed by atoms with van der Waals surface area (Å²) in [7, 11) is -2.58. The summed E-state index contributed by atoms with van der Waals surface area (Å²) in [6.45, 7) is 3.76. The number of likely N-dealkylation sites (N-methyl/N-ethyl adjacent to an activating group) is 1. The number of aryl methyl sites for hydroxylation is 1. The Bertz CT molecular complexity index is 1220. The summed E-state index contributed by atoms with van der Waals surface area (Å²) >= 11 is 0. The van der Waals surface area contributed by atoms with Crippen molar-refractivity contribution >= 4 is 15.9 Å². The van der Waals surface area contributed by atoms with E-state index < -0.39 is 27.8 Å². The molecule has 1 amide bonds. The van der Waals surface area contributed by atoms with E-state index in [9.17, 15) is 26.4 Å². The number of halogens is 3. The molecule has 1 aliphatic carbocycles. The molecule has 2 aliphatic rings. The Hall–Kier alpha value is -2.39. The highest BCUT2D eigenvalue weighted by Crippen LogP contribution is 2.39. The Morgan fingerprint density at radius 2 is 1.71 bits per heavy atom. The van der Waals surface area contributed by atoms with E-state index in [1.807, 2.05) is 6.92 Å². The maximum Gasteiger partial charge on any atom is 0.248 e. The average molecular weight is 509 g/mol. The minimum Gasteiger partial charge on any atom is -0.341 e. The van der Waals surface area contributed by atoms with Crippen LogP contribution in [0.4, 0.5) is 13.2 Å². The number of hydrogen-bond acceptors (Lipinski definition) is 3. The summed E-state index contributed by atoms with van der Waals surface area (Å²) in [5.41, 5.74) is 1.96. The third-order valence-corrected chi connectivity index (χ3v) is 9.45. The summed E-state index contributed by atoms with van der Waals surface area (Å²) in [5.74, 6) is -3.62. The molecule has 5 nitrogen and oxygen atoms in total. The SMILES string of the molecule is Cc1ccc(S(=O)(=O)N2CCC[C@H]2C(=O)N(C)C2CCC(F)(F)CC2)c(-c2ccccc2F)c1C. The van der Waals surface area contributed by atoms with Crippen molar-refractivity contribution in [2.75, 3.05) is 13.6 Å². The van der Waals surface area contributed by atoms with Gasteiger partial charge < -0.3 is 4.90 Å². The van der Waals surface area contributed by atoms with Gasteiger partial charge in [0.05, 0.1) is 4.90 Å². The van der Waals surface area contributed by atoms with Gasteiger partial charge in [0.15, 0.2) is 0 Å². The summed E-state index contributed by atoms with van der Waals surface area (Å²) in [6.07, 6.45) is 0.664. The van der Waals surface area contributed by atoms with Crippen LogP contribution in [0.2, 0.25) is 0 Å². The molecular weight excluding hydrogens is 477 g/mol. The van der Waals surface area contributed by atoms with E-state index in [-0.39, 0.29) is 54.6 Å². The molecule has 190 valence electrons. The van der Waals surface area contributed by atoms with Crippen LogP contribution < -0.4 is 0 Å². The molecule has 1 atom stereocenters. The Balaban J connectivity index is 1.68. The minimum atomic E-state index is -4.15. The van der Waals surface area contributed by atoms with E-state index in [1.54, 1.807) is 38.2 Å². The third kappa shape index (κ3) is 4.85. The van der Waals surface area contributed by atoms with E-state index in [4.69, 9.17) is 0 Å². The zero-order chi connectivity index (χ0) is 25.5. The van der Waals surface area contributed by atoms with Crippen molar-refractivity contribution in [3.8, 4) is 11.1 Å². The lowest BCUT2D eigenvalue weighted by Gasteiger charge is -2.37. The zero-order valence-corrected chi connectivity index (χ0v) is 21.0. The maximum absolute atomic E-state index is 14.8. The molecule has 2 aromatic rings. The van der Waals surface area contributed by atoms with Crippen LogP contribution in [0.5, 0.6) is 0 Å². The van der Waals surface area contributed by atoms with E-state index in [0.717, 1.165) is 5.56 Å². The number of carbonyl (C=O) groups excluding carboxylic acids is 1. The third-order valence-electron chi connectivity index (χ3n) is 7.50. The smallest absolute Gasteiger partial charge is 0.248 e. The molecule has 0 N–H and O–H groups in total. The minimum absolute atomic E-state index is 0.0367. The number of carbonyl (C=O) groups is 1. The Morgan fingerprint density at radius 3 is 2.37 bits per heavy atom. The number of rotatable bonds is 5. The molecule has 1 aliphatic heterocycles. The highest BCUT2D eigenvalue weighted by Gasteiger charge is 2.44. The molecule has 0 unspecified atom stereocenters. The number of amides is 1. The first kappa shape index (κ1) is 25.7. The second kappa shape index (κ2) is 9.58. The molecule has 1 saturated heterocycles. The lowest BCUT2D eigenvalue weighted by Crippen LogP contribution is -2.50. The summed E-state index contributed by atoms with van der Waals surface area (Å²) in [6, 6.07) is 7.95. The van der Waals surface area contributed by atoms with Gasteiger partial charge in [0.2, 0.25) is 21.9 Å². The molecule has 2 aromatic carbocycles. The van der Waals surface area contributed by atoms with Gasteiger partial charge in [-0.15, -0.1) is 0 Å². The maximum atomic E-state index is 14.8. The summed E-state index contributed by atoms with van der Waals surface area (Å²) in [5, 5.41) is 0. The first-order chi connectivity index (χ1) is 16.4. The van der Waals surface area contributed by atoms with Gasteiger partial charge in [0.25, 0.3) is 0 Å². The normalized spacial score (nSPS) is 21.3. The molecule has 0 radical (unpaired) electrons. The first-order valence-corrected chi connectivity index (χ1v) is 13.4. The lowest BCUT2D eigenvalue weighted by atomic mass is 9.91. The number of alkyl halides is 2. The van der Waals surface area contributed by atoms with Crippen LogP contribution in [-0.4, -0.2) is 55.1 Å². The molecule has 4 rings (SSSR count). The Kier molecular flexibility index (Phi) is 7.03. The molecule has 1 saturated carbocycles. The monoisotopic (exact) mass is 508 g/mol. The molecule has 2 fully saturated rings. The van der Waals surface area contributed by atoms with Crippen LogP contribution in [0.3, 0.4) is 0 Å². The zero-order valence-electron chi connectivity index (χ0n) is 20.2.